The molecule has 1 aliphatic carbocycles. The van der Waals surface area contributed by atoms with Crippen LogP contribution in [0.1, 0.15) is 25.3 Å². The molecule has 3 aromatic rings. The average molecular weight is 366 g/mol. The third-order valence-electron chi connectivity index (χ3n) is 4.91. The molecule has 26 heavy (non-hydrogen) atoms. The van der Waals surface area contributed by atoms with Crippen LogP contribution in [0.4, 0.5) is 0 Å². The normalized spacial score (nSPS) is 15.1. The fourth-order valence-corrected chi connectivity index (χ4v) is 3.92. The van der Waals surface area contributed by atoms with Gasteiger partial charge in [0.05, 0.1) is 5.75 Å². The summed E-state index contributed by atoms with van der Waals surface area (Å²) in [5.74, 6) is 1.12. The zero-order valence-electron chi connectivity index (χ0n) is 14.8. The molecule has 1 amide bonds. The number of fused-ring (bicyclic) bond motifs is 1. The summed E-state index contributed by atoms with van der Waals surface area (Å²) in [7, 11) is 0. The number of aromatic nitrogens is 1. The first-order valence-electron chi connectivity index (χ1n) is 9.02. The van der Waals surface area contributed by atoms with Crippen LogP contribution >= 0.6 is 11.8 Å². The molecule has 1 aromatic heterocycles. The maximum Gasteiger partial charge on any atom is 0.257 e. The molecule has 0 bridgehead atoms. The van der Waals surface area contributed by atoms with Gasteiger partial charge in [-0.05, 0) is 43.4 Å². The minimum absolute atomic E-state index is 0.139. The van der Waals surface area contributed by atoms with E-state index in [2.05, 4.69) is 24.0 Å². The monoisotopic (exact) mass is 366 g/mol. The number of rotatable bonds is 7. The van der Waals surface area contributed by atoms with E-state index < -0.39 is 0 Å². The highest BCUT2D eigenvalue weighted by molar-refractivity contribution is 7.99. The van der Waals surface area contributed by atoms with E-state index in [-0.39, 0.29) is 11.9 Å². The van der Waals surface area contributed by atoms with E-state index in [4.69, 9.17) is 4.42 Å². The molecule has 0 spiro atoms. The number of amides is 1. The Bertz CT molecular complexity index is 856. The lowest BCUT2D eigenvalue weighted by Gasteiger charge is -2.29. The molecule has 0 radical (unpaired) electrons. The van der Waals surface area contributed by atoms with Crippen LogP contribution in [0.5, 0.6) is 0 Å². The lowest BCUT2D eigenvalue weighted by atomic mass is 10.1. The van der Waals surface area contributed by atoms with Gasteiger partial charge in [0.1, 0.15) is 5.52 Å². The third-order valence-corrected chi connectivity index (χ3v) is 5.72. The Morgan fingerprint density at radius 1 is 1.19 bits per heavy atom. The maximum absolute atomic E-state index is 12.9. The van der Waals surface area contributed by atoms with Crippen molar-refractivity contribution in [3.8, 4) is 0 Å². The summed E-state index contributed by atoms with van der Waals surface area (Å²) in [6, 6.07) is 18.1. The average Bonchev–Trinajstić information content (AvgIpc) is 3.44. The molecular formula is C21H22N2O2S. The van der Waals surface area contributed by atoms with Gasteiger partial charge in [-0.2, -0.15) is 0 Å². The van der Waals surface area contributed by atoms with E-state index in [1.807, 2.05) is 47.4 Å². The Labute approximate surface area is 157 Å². The fraction of sp³-hybridized carbons (Fsp3) is 0.333. The van der Waals surface area contributed by atoms with Gasteiger partial charge in [-0.3, -0.25) is 4.79 Å². The SMILES string of the molecule is CC(C1CC1)N(Cc1ccccc1)C(=O)CSc1nc2ccccc2o1. The number of carbonyl (C=O) groups is 1. The quantitative estimate of drug-likeness (QED) is 0.566. The van der Waals surface area contributed by atoms with Crippen molar-refractivity contribution in [3.63, 3.8) is 0 Å². The summed E-state index contributed by atoms with van der Waals surface area (Å²) in [6.45, 7) is 2.83. The van der Waals surface area contributed by atoms with Crippen LogP contribution < -0.4 is 0 Å². The number of nitrogens with zero attached hydrogens (tertiary/aromatic N) is 2. The van der Waals surface area contributed by atoms with E-state index in [1.165, 1.54) is 30.2 Å². The van der Waals surface area contributed by atoms with Gasteiger partial charge < -0.3 is 9.32 Å². The zero-order valence-corrected chi connectivity index (χ0v) is 15.6. The smallest absolute Gasteiger partial charge is 0.257 e. The summed E-state index contributed by atoms with van der Waals surface area (Å²) in [5.41, 5.74) is 2.75. The molecule has 1 fully saturated rings. The second-order valence-corrected chi connectivity index (χ2v) is 7.75. The first kappa shape index (κ1) is 17.2. The van der Waals surface area contributed by atoms with E-state index in [1.54, 1.807) is 0 Å². The predicted molar refractivity (Wildman–Crippen MR) is 104 cm³/mol. The fourth-order valence-electron chi connectivity index (χ4n) is 3.19. The lowest BCUT2D eigenvalue weighted by molar-refractivity contribution is -0.131. The number of para-hydroxylation sites is 2. The molecule has 1 atom stereocenters. The Morgan fingerprint density at radius 2 is 1.92 bits per heavy atom. The van der Waals surface area contributed by atoms with Gasteiger partial charge in [0.15, 0.2) is 5.58 Å². The van der Waals surface area contributed by atoms with Crippen molar-refractivity contribution in [3.05, 3.63) is 60.2 Å². The number of hydrogen-bond donors (Lipinski definition) is 0. The molecular weight excluding hydrogens is 344 g/mol. The Morgan fingerprint density at radius 3 is 2.65 bits per heavy atom. The van der Waals surface area contributed by atoms with E-state index in [0.717, 1.165) is 11.1 Å². The van der Waals surface area contributed by atoms with Crippen LogP contribution in [0.25, 0.3) is 11.1 Å². The first-order valence-corrected chi connectivity index (χ1v) is 10.0. The van der Waals surface area contributed by atoms with Gasteiger partial charge in [-0.1, -0.05) is 54.2 Å². The summed E-state index contributed by atoms with van der Waals surface area (Å²) in [4.78, 5) is 19.4. The minimum Gasteiger partial charge on any atom is -0.431 e. The van der Waals surface area contributed by atoms with Crippen molar-refractivity contribution in [2.75, 3.05) is 5.75 Å². The number of benzene rings is 2. The predicted octanol–water partition coefficient (Wildman–Crippen LogP) is 4.75. The molecule has 1 aliphatic rings. The van der Waals surface area contributed by atoms with Gasteiger partial charge in [0.25, 0.3) is 5.22 Å². The molecule has 4 rings (SSSR count). The molecule has 0 saturated heterocycles. The zero-order chi connectivity index (χ0) is 17.9. The van der Waals surface area contributed by atoms with Crippen molar-refractivity contribution < 1.29 is 9.21 Å². The van der Waals surface area contributed by atoms with Crippen LogP contribution in [0.15, 0.2) is 64.2 Å². The number of carbonyl (C=O) groups excluding carboxylic acids is 1. The highest BCUT2D eigenvalue weighted by atomic mass is 32.2. The van der Waals surface area contributed by atoms with E-state index >= 15 is 0 Å². The van der Waals surface area contributed by atoms with Crippen LogP contribution in [0.2, 0.25) is 0 Å². The van der Waals surface area contributed by atoms with Crippen molar-refractivity contribution in [1.82, 2.24) is 9.88 Å². The molecule has 1 unspecified atom stereocenters. The molecule has 0 aliphatic heterocycles. The van der Waals surface area contributed by atoms with E-state index in [9.17, 15) is 4.79 Å². The topological polar surface area (TPSA) is 46.3 Å². The lowest BCUT2D eigenvalue weighted by Crippen LogP contribution is -2.40. The maximum atomic E-state index is 12.9. The van der Waals surface area contributed by atoms with Crippen LogP contribution in [0.3, 0.4) is 0 Å². The molecule has 1 saturated carbocycles. The van der Waals surface area contributed by atoms with Crippen molar-refractivity contribution >= 4 is 28.8 Å². The van der Waals surface area contributed by atoms with E-state index in [0.29, 0.717) is 23.4 Å². The van der Waals surface area contributed by atoms with Gasteiger partial charge in [-0.15, -0.1) is 0 Å². The second kappa shape index (κ2) is 7.54. The number of oxazole rings is 1. The van der Waals surface area contributed by atoms with Crippen molar-refractivity contribution in [2.45, 2.75) is 37.6 Å². The van der Waals surface area contributed by atoms with Crippen molar-refractivity contribution in [1.29, 1.82) is 0 Å². The molecule has 1 heterocycles. The largest absolute Gasteiger partial charge is 0.431 e. The highest BCUT2D eigenvalue weighted by Gasteiger charge is 2.34. The second-order valence-electron chi connectivity index (χ2n) is 6.82. The molecule has 0 N–H and O–H groups in total. The molecule has 4 nitrogen and oxygen atoms in total. The van der Waals surface area contributed by atoms with Crippen LogP contribution in [0, 0.1) is 5.92 Å². The van der Waals surface area contributed by atoms with Crippen molar-refractivity contribution in [2.24, 2.45) is 5.92 Å². The Balaban J connectivity index is 1.44. The highest BCUT2D eigenvalue weighted by Crippen LogP contribution is 2.36. The standard InChI is InChI=1S/C21H22N2O2S/c1-15(17-11-12-17)23(13-16-7-3-2-4-8-16)20(24)14-26-21-22-18-9-5-6-10-19(18)25-21/h2-10,15,17H,11-14H2,1H3. The summed E-state index contributed by atoms with van der Waals surface area (Å²) in [6.07, 6.45) is 2.44. The van der Waals surface area contributed by atoms with Gasteiger partial charge >= 0.3 is 0 Å². The molecule has 2 aromatic carbocycles. The summed E-state index contributed by atoms with van der Waals surface area (Å²) < 4.78 is 5.72. The number of hydrogen-bond acceptors (Lipinski definition) is 4. The Hall–Kier alpha value is -2.27. The Kier molecular flexibility index (Phi) is 4.98. The number of thioether (sulfide) groups is 1. The summed E-state index contributed by atoms with van der Waals surface area (Å²) in [5, 5.41) is 0.554. The van der Waals surface area contributed by atoms with Crippen LogP contribution in [-0.4, -0.2) is 27.6 Å². The minimum atomic E-state index is 0.139. The first-order chi connectivity index (χ1) is 12.7. The van der Waals surface area contributed by atoms with Gasteiger partial charge in [-0.25, -0.2) is 4.98 Å². The van der Waals surface area contributed by atoms with Gasteiger partial charge in [0, 0.05) is 12.6 Å². The molecule has 134 valence electrons. The summed E-state index contributed by atoms with van der Waals surface area (Å²) >= 11 is 1.37. The third kappa shape index (κ3) is 3.93. The van der Waals surface area contributed by atoms with Crippen LogP contribution in [-0.2, 0) is 11.3 Å². The van der Waals surface area contributed by atoms with Gasteiger partial charge in [0.2, 0.25) is 5.91 Å². The molecule has 5 heteroatoms.